The molecule has 2 aromatic heterocycles. The zero-order valence-corrected chi connectivity index (χ0v) is 19.8. The maximum absolute atomic E-state index is 14.7. The molecule has 1 aliphatic heterocycles. The van der Waals surface area contributed by atoms with E-state index in [1.54, 1.807) is 20.8 Å². The van der Waals surface area contributed by atoms with Gasteiger partial charge in [-0.05, 0) is 26.8 Å². The number of aromatic nitrogens is 3. The molecule has 8 nitrogen and oxygen atoms in total. The van der Waals surface area contributed by atoms with Gasteiger partial charge in [-0.25, -0.2) is 36.5 Å². The van der Waals surface area contributed by atoms with Crippen molar-refractivity contribution in [2.45, 2.75) is 38.1 Å². The molecular formula is C22H25F3N6O2S. The fourth-order valence-corrected chi connectivity index (χ4v) is 5.61. The molecule has 1 saturated heterocycles. The first-order valence-electron chi connectivity index (χ1n) is 10.8. The summed E-state index contributed by atoms with van der Waals surface area (Å²) in [6.07, 6.45) is -2.95. The second-order valence-electron chi connectivity index (χ2n) is 8.13. The van der Waals surface area contributed by atoms with Gasteiger partial charge >= 0.3 is 0 Å². The van der Waals surface area contributed by atoms with E-state index in [0.29, 0.717) is 43.1 Å². The van der Waals surface area contributed by atoms with Gasteiger partial charge in [-0.1, -0.05) is 18.2 Å². The molecule has 0 amide bonds. The molecular weight excluding hydrogens is 469 g/mol. The van der Waals surface area contributed by atoms with Crippen molar-refractivity contribution in [2.24, 2.45) is 0 Å². The molecule has 182 valence electrons. The van der Waals surface area contributed by atoms with Gasteiger partial charge in [0.05, 0.1) is 22.7 Å². The second-order valence-corrected chi connectivity index (χ2v) is 10.0. The molecule has 3 aromatic rings. The smallest absolute Gasteiger partial charge is 0.266 e. The lowest BCUT2D eigenvalue weighted by Crippen LogP contribution is -2.46. The molecule has 3 heterocycles. The first-order valence-corrected chi connectivity index (χ1v) is 12.2. The first kappa shape index (κ1) is 24.3. The van der Waals surface area contributed by atoms with Gasteiger partial charge < -0.3 is 10.6 Å². The Balaban J connectivity index is 1.78. The summed E-state index contributed by atoms with van der Waals surface area (Å²) in [5.74, 6) is -0.391. The van der Waals surface area contributed by atoms with Crippen molar-refractivity contribution in [1.29, 1.82) is 0 Å². The number of halogens is 3. The molecule has 0 bridgehead atoms. The normalized spacial score (nSPS) is 16.2. The van der Waals surface area contributed by atoms with Crippen LogP contribution in [0, 0.1) is 19.7 Å². The van der Waals surface area contributed by atoms with Crippen LogP contribution in [0.3, 0.4) is 0 Å². The number of hydrogen-bond acceptors (Lipinski definition) is 7. The lowest BCUT2D eigenvalue weighted by molar-refractivity contribution is 0.146. The average Bonchev–Trinajstić information content (AvgIpc) is 2.78. The number of pyridine rings is 1. The summed E-state index contributed by atoms with van der Waals surface area (Å²) < 4.78 is 69.0. The van der Waals surface area contributed by atoms with Crippen molar-refractivity contribution < 1.29 is 21.6 Å². The maximum atomic E-state index is 14.7. The number of sulfonamides is 1. The van der Waals surface area contributed by atoms with Crippen LogP contribution in [0.2, 0.25) is 0 Å². The van der Waals surface area contributed by atoms with Crippen LogP contribution in [0.5, 0.6) is 0 Å². The Morgan fingerprint density at radius 3 is 2.44 bits per heavy atom. The minimum absolute atomic E-state index is 0.0379. The Labute approximate surface area is 195 Å². The summed E-state index contributed by atoms with van der Waals surface area (Å²) in [5.41, 5.74) is -0.0629. The van der Waals surface area contributed by atoms with E-state index in [0.717, 1.165) is 6.07 Å². The Morgan fingerprint density at radius 2 is 1.76 bits per heavy atom. The van der Waals surface area contributed by atoms with Crippen molar-refractivity contribution in [2.75, 3.05) is 31.5 Å². The third-order valence-corrected chi connectivity index (χ3v) is 7.76. The molecule has 2 N–H and O–H groups in total. The molecule has 34 heavy (non-hydrogen) atoms. The van der Waals surface area contributed by atoms with Gasteiger partial charge in [-0.3, -0.25) is 0 Å². The van der Waals surface area contributed by atoms with E-state index >= 15 is 0 Å². The molecule has 0 spiro atoms. The number of hydrogen-bond donors (Lipinski definition) is 2. The van der Waals surface area contributed by atoms with Gasteiger partial charge in [-0.2, -0.15) is 4.31 Å². The summed E-state index contributed by atoms with van der Waals surface area (Å²) in [6, 6.07) is 4.55. The summed E-state index contributed by atoms with van der Waals surface area (Å²) in [6.45, 7) is 6.64. The summed E-state index contributed by atoms with van der Waals surface area (Å²) in [7, 11) is -3.81. The van der Waals surface area contributed by atoms with E-state index in [2.05, 4.69) is 25.6 Å². The van der Waals surface area contributed by atoms with Crippen LogP contribution < -0.4 is 10.6 Å². The highest BCUT2D eigenvalue weighted by Gasteiger charge is 2.29. The van der Waals surface area contributed by atoms with E-state index < -0.39 is 33.9 Å². The molecule has 1 fully saturated rings. The molecule has 0 unspecified atom stereocenters. The van der Waals surface area contributed by atoms with Gasteiger partial charge in [0, 0.05) is 31.7 Å². The topological polar surface area (TPSA) is 100 Å². The van der Waals surface area contributed by atoms with Crippen LogP contribution in [0.1, 0.15) is 42.0 Å². The van der Waals surface area contributed by atoms with Crippen molar-refractivity contribution in [3.8, 4) is 0 Å². The molecule has 0 aliphatic carbocycles. The summed E-state index contributed by atoms with van der Waals surface area (Å²) in [5, 5.41) is 6.49. The highest BCUT2D eigenvalue weighted by molar-refractivity contribution is 7.89. The van der Waals surface area contributed by atoms with Crippen LogP contribution in [0.25, 0.3) is 11.0 Å². The quantitative estimate of drug-likeness (QED) is 0.541. The van der Waals surface area contributed by atoms with Crippen molar-refractivity contribution >= 4 is 26.9 Å². The monoisotopic (exact) mass is 494 g/mol. The van der Waals surface area contributed by atoms with Crippen LogP contribution in [-0.2, 0) is 10.0 Å². The van der Waals surface area contributed by atoms with Crippen LogP contribution >= 0.6 is 0 Å². The molecule has 1 aliphatic rings. The highest BCUT2D eigenvalue weighted by atomic mass is 32.2. The number of rotatable bonds is 6. The number of anilines is 1. The van der Waals surface area contributed by atoms with Crippen molar-refractivity contribution in [3.63, 3.8) is 0 Å². The lowest BCUT2D eigenvalue weighted by atomic mass is 10.0. The van der Waals surface area contributed by atoms with Gasteiger partial charge in [-0.15, -0.1) is 0 Å². The first-order chi connectivity index (χ1) is 16.1. The third kappa shape index (κ3) is 4.57. The maximum Gasteiger partial charge on any atom is 0.266 e. The van der Waals surface area contributed by atoms with Gasteiger partial charge in [0.15, 0.2) is 5.65 Å². The number of fused-ring (bicyclic) bond motifs is 1. The minimum atomic E-state index is -3.81. The van der Waals surface area contributed by atoms with E-state index in [1.807, 2.05) is 0 Å². The zero-order chi connectivity index (χ0) is 24.6. The lowest BCUT2D eigenvalue weighted by Gasteiger charge is -2.27. The van der Waals surface area contributed by atoms with E-state index in [4.69, 9.17) is 0 Å². The number of benzene rings is 1. The highest BCUT2D eigenvalue weighted by Crippen LogP contribution is 2.31. The third-order valence-electron chi connectivity index (χ3n) is 5.75. The minimum Gasteiger partial charge on any atom is -0.363 e. The van der Waals surface area contributed by atoms with Gasteiger partial charge in [0.1, 0.15) is 22.4 Å². The van der Waals surface area contributed by atoms with E-state index in [1.165, 1.54) is 22.5 Å². The molecule has 0 saturated carbocycles. The van der Waals surface area contributed by atoms with E-state index in [-0.39, 0.29) is 21.9 Å². The Morgan fingerprint density at radius 1 is 1.09 bits per heavy atom. The Kier molecular flexibility index (Phi) is 6.74. The second kappa shape index (κ2) is 9.43. The predicted octanol–water partition coefficient (Wildman–Crippen LogP) is 3.49. The molecule has 1 aromatic carbocycles. The summed E-state index contributed by atoms with van der Waals surface area (Å²) >= 11 is 0. The number of nitrogens with zero attached hydrogens (tertiary/aromatic N) is 4. The van der Waals surface area contributed by atoms with Crippen LogP contribution in [-0.4, -0.2) is 53.9 Å². The Hall–Kier alpha value is -2.83. The largest absolute Gasteiger partial charge is 0.363 e. The summed E-state index contributed by atoms with van der Waals surface area (Å²) in [4.78, 5) is 13.1. The number of alkyl halides is 2. The van der Waals surface area contributed by atoms with Crippen molar-refractivity contribution in [3.05, 3.63) is 52.7 Å². The Bertz CT molecular complexity index is 1330. The molecule has 4 rings (SSSR count). The average molecular weight is 495 g/mol. The number of aryl methyl sites for hydroxylation is 2. The van der Waals surface area contributed by atoms with Gasteiger partial charge in [0.2, 0.25) is 10.0 Å². The fraction of sp³-hybridized carbons (Fsp3) is 0.409. The number of nitrogens with one attached hydrogen (secondary N) is 2. The van der Waals surface area contributed by atoms with Gasteiger partial charge in [0.25, 0.3) is 6.43 Å². The molecule has 12 heteroatoms. The zero-order valence-electron chi connectivity index (χ0n) is 18.9. The predicted molar refractivity (Wildman–Crippen MR) is 122 cm³/mol. The number of piperazine rings is 1. The SMILES string of the molecule is Cc1nc(N[C@H](C)c2cccc(C(F)F)c2F)c2cc(S(=O)(=O)N3CCNCC3)c(C)nc2n1. The molecule has 0 radical (unpaired) electrons. The fourth-order valence-electron chi connectivity index (χ4n) is 3.98. The van der Waals surface area contributed by atoms with Crippen LogP contribution in [0.15, 0.2) is 29.2 Å². The standard InChI is InChI=1S/C22H25F3N6O2S/c1-12(15-5-4-6-16(19(15)23)20(24)25)27-21-17-11-18(13(2)28-22(17)30-14(3)29-21)34(32,33)31-9-7-26-8-10-31/h4-6,11-12,20,26H,7-10H2,1-3H3,(H,27,28,29,30)/t12-/m1/s1. The van der Waals surface area contributed by atoms with Crippen molar-refractivity contribution in [1.82, 2.24) is 24.6 Å². The molecule has 1 atom stereocenters. The van der Waals surface area contributed by atoms with E-state index in [9.17, 15) is 21.6 Å². The van der Waals surface area contributed by atoms with Crippen LogP contribution in [0.4, 0.5) is 19.0 Å².